The van der Waals surface area contributed by atoms with Crippen molar-refractivity contribution in [3.63, 3.8) is 0 Å². The van der Waals surface area contributed by atoms with Gasteiger partial charge in [-0.3, -0.25) is 0 Å². The maximum Gasteiger partial charge on any atom is 0.0506 e. The molecule has 1 nitrogen and oxygen atoms in total. The van der Waals surface area contributed by atoms with Crippen LogP contribution < -0.4 is 5.32 Å². The van der Waals surface area contributed by atoms with Crippen LogP contribution in [0.25, 0.3) is 5.57 Å². The van der Waals surface area contributed by atoms with Gasteiger partial charge >= 0.3 is 0 Å². The van der Waals surface area contributed by atoms with Crippen molar-refractivity contribution in [3.05, 3.63) is 35.9 Å². The first-order chi connectivity index (χ1) is 7.30. The third-order valence-electron chi connectivity index (χ3n) is 2.99. The van der Waals surface area contributed by atoms with E-state index in [1.54, 1.807) is 0 Å². The van der Waals surface area contributed by atoms with Crippen molar-refractivity contribution in [1.82, 2.24) is 0 Å². The van der Waals surface area contributed by atoms with Gasteiger partial charge in [-0.1, -0.05) is 45.0 Å². The molecule has 0 aliphatic carbocycles. The summed E-state index contributed by atoms with van der Waals surface area (Å²) in [5.74, 6) is 0. The summed E-state index contributed by atoms with van der Waals surface area (Å²) in [6, 6.07) is 8.57. The van der Waals surface area contributed by atoms with E-state index in [9.17, 15) is 0 Å². The second-order valence-corrected chi connectivity index (χ2v) is 6.20. The Morgan fingerprint density at radius 3 is 2.31 bits per heavy atom. The molecule has 0 fully saturated rings. The first-order valence-electron chi connectivity index (χ1n) is 5.90. The molecule has 16 heavy (non-hydrogen) atoms. The summed E-state index contributed by atoms with van der Waals surface area (Å²) in [6.07, 6.45) is 2.36. The molecule has 0 saturated carbocycles. The second-order valence-electron chi connectivity index (χ2n) is 6.20. The van der Waals surface area contributed by atoms with Gasteiger partial charge in [-0.25, -0.2) is 0 Å². The summed E-state index contributed by atoms with van der Waals surface area (Å²) < 4.78 is 0. The summed E-state index contributed by atoms with van der Waals surface area (Å²) in [6.45, 7) is 11.3. The fraction of sp³-hybridized carbons (Fsp3) is 0.467. The first-order valence-corrected chi connectivity index (χ1v) is 5.90. The highest BCUT2D eigenvalue weighted by atomic mass is 15.0. The van der Waals surface area contributed by atoms with Crippen LogP contribution in [0.5, 0.6) is 0 Å². The van der Waals surface area contributed by atoms with Gasteiger partial charge in [-0.05, 0) is 30.9 Å². The van der Waals surface area contributed by atoms with Crippen molar-refractivity contribution >= 4 is 11.3 Å². The molecule has 1 aliphatic rings. The van der Waals surface area contributed by atoms with Crippen molar-refractivity contribution in [1.29, 1.82) is 0 Å². The summed E-state index contributed by atoms with van der Waals surface area (Å²) in [4.78, 5) is 0. The zero-order chi connectivity index (χ0) is 12.0. The fourth-order valence-corrected chi connectivity index (χ4v) is 2.27. The van der Waals surface area contributed by atoms with Crippen LogP contribution in [-0.4, -0.2) is 5.54 Å². The molecular weight excluding hydrogens is 194 g/mol. The van der Waals surface area contributed by atoms with Crippen molar-refractivity contribution in [2.45, 2.75) is 40.2 Å². The number of hydrogen-bond donors (Lipinski definition) is 1. The van der Waals surface area contributed by atoms with Gasteiger partial charge in [0, 0.05) is 11.3 Å². The Kier molecular flexibility index (Phi) is 2.37. The van der Waals surface area contributed by atoms with Gasteiger partial charge in [-0.2, -0.15) is 0 Å². The molecule has 1 aromatic carbocycles. The molecule has 0 spiro atoms. The predicted octanol–water partition coefficient (Wildman–Crippen LogP) is 4.32. The highest BCUT2D eigenvalue weighted by molar-refractivity contribution is 5.83. The van der Waals surface area contributed by atoms with E-state index in [1.165, 1.54) is 16.8 Å². The molecule has 0 radical (unpaired) electrons. The van der Waals surface area contributed by atoms with Gasteiger partial charge < -0.3 is 5.32 Å². The number of hydrogen-bond acceptors (Lipinski definition) is 1. The molecule has 86 valence electrons. The average Bonchev–Trinajstić information content (AvgIpc) is 2.13. The van der Waals surface area contributed by atoms with E-state index in [-0.39, 0.29) is 11.0 Å². The lowest BCUT2D eigenvalue weighted by atomic mass is 9.77. The highest BCUT2D eigenvalue weighted by Gasteiger charge is 2.29. The Bertz CT molecular complexity index is 433. The maximum atomic E-state index is 3.56. The number of nitrogens with one attached hydrogen (secondary N) is 1. The molecule has 1 heterocycles. The normalized spacial score (nSPS) is 18.4. The van der Waals surface area contributed by atoms with E-state index in [4.69, 9.17) is 0 Å². The molecule has 1 N–H and O–H groups in total. The lowest BCUT2D eigenvalue weighted by molar-refractivity contribution is 0.555. The SMILES string of the molecule is CC1(C)C=C(C(C)(C)C)c2ccccc2N1. The van der Waals surface area contributed by atoms with Crippen molar-refractivity contribution in [3.8, 4) is 0 Å². The number of anilines is 1. The van der Waals surface area contributed by atoms with Crippen LogP contribution in [0.4, 0.5) is 5.69 Å². The van der Waals surface area contributed by atoms with E-state index in [1.807, 2.05) is 0 Å². The molecule has 0 bridgehead atoms. The minimum atomic E-state index is 0.0387. The molecular formula is C15H21N. The van der Waals surface area contributed by atoms with Crippen LogP contribution in [0.1, 0.15) is 40.2 Å². The summed E-state index contributed by atoms with van der Waals surface area (Å²) in [5.41, 5.74) is 4.26. The highest BCUT2D eigenvalue weighted by Crippen LogP contribution is 2.42. The number of fused-ring (bicyclic) bond motifs is 1. The van der Waals surface area contributed by atoms with Crippen LogP contribution >= 0.6 is 0 Å². The minimum absolute atomic E-state index is 0.0387. The Labute approximate surface area is 98.6 Å². The van der Waals surface area contributed by atoms with E-state index >= 15 is 0 Å². The first kappa shape index (κ1) is 11.3. The number of allylic oxidation sites excluding steroid dienone is 1. The molecule has 1 aromatic rings. The van der Waals surface area contributed by atoms with Gasteiger partial charge in [0.2, 0.25) is 0 Å². The number of benzene rings is 1. The average molecular weight is 215 g/mol. The maximum absolute atomic E-state index is 3.56. The van der Waals surface area contributed by atoms with Gasteiger partial charge in [0.1, 0.15) is 0 Å². The van der Waals surface area contributed by atoms with Crippen LogP contribution in [0.3, 0.4) is 0 Å². The largest absolute Gasteiger partial charge is 0.376 e. The minimum Gasteiger partial charge on any atom is -0.376 e. The van der Waals surface area contributed by atoms with E-state index in [0.717, 1.165) is 0 Å². The monoisotopic (exact) mass is 215 g/mol. The van der Waals surface area contributed by atoms with Crippen molar-refractivity contribution < 1.29 is 0 Å². The fourth-order valence-electron chi connectivity index (χ4n) is 2.27. The molecule has 0 unspecified atom stereocenters. The number of para-hydroxylation sites is 1. The van der Waals surface area contributed by atoms with Gasteiger partial charge in [-0.15, -0.1) is 0 Å². The summed E-state index contributed by atoms with van der Waals surface area (Å²) in [7, 11) is 0. The molecule has 1 heteroatoms. The quantitative estimate of drug-likeness (QED) is 0.679. The van der Waals surface area contributed by atoms with Crippen molar-refractivity contribution in [2.75, 3.05) is 5.32 Å². The molecule has 0 amide bonds. The van der Waals surface area contributed by atoms with Crippen LogP contribution in [-0.2, 0) is 0 Å². The van der Waals surface area contributed by atoms with Crippen LogP contribution in [0, 0.1) is 5.41 Å². The molecule has 0 aromatic heterocycles. The zero-order valence-electron chi connectivity index (χ0n) is 10.9. The van der Waals surface area contributed by atoms with Gasteiger partial charge in [0.15, 0.2) is 0 Å². The van der Waals surface area contributed by atoms with Gasteiger partial charge in [0.05, 0.1) is 5.54 Å². The lowest BCUT2D eigenvalue weighted by Gasteiger charge is -2.37. The third kappa shape index (κ3) is 1.99. The van der Waals surface area contributed by atoms with E-state index in [0.29, 0.717) is 0 Å². The predicted molar refractivity (Wildman–Crippen MR) is 71.6 cm³/mol. The standard InChI is InChI=1S/C15H21N/c1-14(2,3)12-10-15(4,5)16-13-9-7-6-8-11(12)13/h6-10,16H,1-5H3. The Hall–Kier alpha value is -1.24. The Morgan fingerprint density at radius 2 is 1.69 bits per heavy atom. The number of rotatable bonds is 0. The second kappa shape index (κ2) is 3.38. The zero-order valence-corrected chi connectivity index (χ0v) is 10.9. The Balaban J connectivity index is 2.61. The topological polar surface area (TPSA) is 12.0 Å². The molecule has 0 saturated heterocycles. The smallest absolute Gasteiger partial charge is 0.0506 e. The summed E-state index contributed by atoms with van der Waals surface area (Å²) >= 11 is 0. The molecule has 1 aliphatic heterocycles. The van der Waals surface area contributed by atoms with E-state index in [2.05, 4.69) is 70.3 Å². The van der Waals surface area contributed by atoms with Crippen molar-refractivity contribution in [2.24, 2.45) is 5.41 Å². The third-order valence-corrected chi connectivity index (χ3v) is 2.99. The molecule has 0 atom stereocenters. The van der Waals surface area contributed by atoms with E-state index < -0.39 is 0 Å². The lowest BCUT2D eigenvalue weighted by Crippen LogP contribution is -2.33. The molecule has 2 rings (SSSR count). The Morgan fingerprint density at radius 1 is 1.06 bits per heavy atom. The summed E-state index contributed by atoms with van der Waals surface area (Å²) in [5, 5.41) is 3.56. The van der Waals surface area contributed by atoms with Gasteiger partial charge in [0.25, 0.3) is 0 Å². The van der Waals surface area contributed by atoms with Crippen LogP contribution in [0.2, 0.25) is 0 Å². The van der Waals surface area contributed by atoms with Crippen LogP contribution in [0.15, 0.2) is 30.3 Å².